The van der Waals surface area contributed by atoms with Crippen molar-refractivity contribution in [2.24, 2.45) is 5.92 Å². The summed E-state index contributed by atoms with van der Waals surface area (Å²) in [6, 6.07) is 13.2. The van der Waals surface area contributed by atoms with Crippen LogP contribution in [0.3, 0.4) is 0 Å². The summed E-state index contributed by atoms with van der Waals surface area (Å²) in [5.41, 5.74) is 2.68. The molecule has 1 unspecified atom stereocenters. The highest BCUT2D eigenvalue weighted by Gasteiger charge is 2.35. The zero-order valence-electron chi connectivity index (χ0n) is 17.6. The van der Waals surface area contributed by atoms with Crippen LogP contribution in [0.4, 0.5) is 11.4 Å². The van der Waals surface area contributed by atoms with Crippen molar-refractivity contribution < 1.29 is 19.1 Å². The van der Waals surface area contributed by atoms with E-state index in [0.29, 0.717) is 23.7 Å². The SMILES string of the molecule is COc1ccc(NC(=O)C2CC(=O)N(c3ccc(C(C)(C)C)cc3)C2)cc1OC. The van der Waals surface area contributed by atoms with Crippen LogP contribution in [-0.2, 0) is 15.0 Å². The highest BCUT2D eigenvalue weighted by Crippen LogP contribution is 2.32. The molecule has 1 fully saturated rings. The van der Waals surface area contributed by atoms with Crippen LogP contribution in [0.2, 0.25) is 0 Å². The van der Waals surface area contributed by atoms with Gasteiger partial charge in [0.25, 0.3) is 0 Å². The van der Waals surface area contributed by atoms with Gasteiger partial charge in [-0.25, -0.2) is 0 Å². The molecule has 0 spiro atoms. The van der Waals surface area contributed by atoms with Crippen LogP contribution in [0.15, 0.2) is 42.5 Å². The first-order valence-corrected chi connectivity index (χ1v) is 9.66. The largest absolute Gasteiger partial charge is 0.493 e. The summed E-state index contributed by atoms with van der Waals surface area (Å²) < 4.78 is 10.5. The Morgan fingerprint density at radius 2 is 1.69 bits per heavy atom. The molecule has 154 valence electrons. The van der Waals surface area contributed by atoms with Crippen molar-refractivity contribution in [2.75, 3.05) is 31.0 Å². The van der Waals surface area contributed by atoms with E-state index in [2.05, 4.69) is 26.1 Å². The van der Waals surface area contributed by atoms with Crippen molar-refractivity contribution in [3.8, 4) is 11.5 Å². The van der Waals surface area contributed by atoms with Crippen molar-refractivity contribution in [2.45, 2.75) is 32.6 Å². The summed E-state index contributed by atoms with van der Waals surface area (Å²) >= 11 is 0. The van der Waals surface area contributed by atoms with Crippen molar-refractivity contribution in [1.29, 1.82) is 0 Å². The summed E-state index contributed by atoms with van der Waals surface area (Å²) in [6.07, 6.45) is 0.195. The highest BCUT2D eigenvalue weighted by atomic mass is 16.5. The van der Waals surface area contributed by atoms with Crippen molar-refractivity contribution in [1.82, 2.24) is 0 Å². The van der Waals surface area contributed by atoms with Gasteiger partial charge in [-0.2, -0.15) is 0 Å². The van der Waals surface area contributed by atoms with Crippen LogP contribution in [-0.4, -0.2) is 32.6 Å². The van der Waals surface area contributed by atoms with Gasteiger partial charge in [-0.05, 0) is 35.2 Å². The zero-order valence-corrected chi connectivity index (χ0v) is 17.6. The van der Waals surface area contributed by atoms with Crippen molar-refractivity contribution in [3.63, 3.8) is 0 Å². The average Bonchev–Trinajstić information content (AvgIpc) is 3.09. The number of nitrogens with zero attached hydrogens (tertiary/aromatic N) is 1. The second-order valence-electron chi connectivity index (χ2n) is 8.26. The molecule has 1 heterocycles. The number of hydrogen-bond donors (Lipinski definition) is 1. The lowest BCUT2D eigenvalue weighted by molar-refractivity contribution is -0.122. The van der Waals surface area contributed by atoms with E-state index < -0.39 is 5.92 Å². The Morgan fingerprint density at radius 3 is 2.28 bits per heavy atom. The fourth-order valence-corrected chi connectivity index (χ4v) is 3.43. The summed E-state index contributed by atoms with van der Waals surface area (Å²) in [6.45, 7) is 6.82. The van der Waals surface area contributed by atoms with Gasteiger partial charge < -0.3 is 19.7 Å². The van der Waals surface area contributed by atoms with E-state index in [4.69, 9.17) is 9.47 Å². The molecule has 0 aromatic heterocycles. The van der Waals surface area contributed by atoms with Gasteiger partial charge in [0.1, 0.15) is 0 Å². The Bertz CT molecular complexity index is 900. The number of amides is 2. The predicted octanol–water partition coefficient (Wildman–Crippen LogP) is 3.99. The maximum atomic E-state index is 12.7. The molecule has 0 bridgehead atoms. The van der Waals surface area contributed by atoms with Crippen LogP contribution in [0.5, 0.6) is 11.5 Å². The molecule has 6 nitrogen and oxygen atoms in total. The van der Waals surface area contributed by atoms with E-state index in [9.17, 15) is 9.59 Å². The fraction of sp³-hybridized carbons (Fsp3) is 0.391. The number of anilines is 2. The zero-order chi connectivity index (χ0) is 21.2. The molecule has 2 aromatic carbocycles. The molecule has 0 saturated carbocycles. The first-order chi connectivity index (χ1) is 13.7. The van der Waals surface area contributed by atoms with Crippen LogP contribution in [0.25, 0.3) is 0 Å². The minimum absolute atomic E-state index is 0.0408. The molecule has 2 aromatic rings. The van der Waals surface area contributed by atoms with Crippen molar-refractivity contribution in [3.05, 3.63) is 48.0 Å². The molecule has 0 radical (unpaired) electrons. The summed E-state index contributed by atoms with van der Waals surface area (Å²) in [5.74, 6) is 0.498. The molecule has 29 heavy (non-hydrogen) atoms. The van der Waals surface area contributed by atoms with E-state index in [0.717, 1.165) is 5.69 Å². The maximum Gasteiger partial charge on any atom is 0.229 e. The van der Waals surface area contributed by atoms with Gasteiger partial charge in [-0.15, -0.1) is 0 Å². The van der Waals surface area contributed by atoms with E-state index in [1.807, 2.05) is 24.3 Å². The molecule has 1 N–H and O–H groups in total. The van der Waals surface area contributed by atoms with Gasteiger partial charge in [0.05, 0.1) is 20.1 Å². The number of benzene rings is 2. The third-order valence-corrected chi connectivity index (χ3v) is 5.19. The quantitative estimate of drug-likeness (QED) is 0.830. The van der Waals surface area contributed by atoms with Crippen LogP contribution in [0, 0.1) is 5.92 Å². The van der Waals surface area contributed by atoms with E-state index in [-0.39, 0.29) is 23.7 Å². The third kappa shape index (κ3) is 4.53. The van der Waals surface area contributed by atoms with Gasteiger partial charge >= 0.3 is 0 Å². The number of ether oxygens (including phenoxy) is 2. The van der Waals surface area contributed by atoms with Gasteiger partial charge in [0.2, 0.25) is 11.8 Å². The Balaban J connectivity index is 1.69. The van der Waals surface area contributed by atoms with Gasteiger partial charge in [-0.1, -0.05) is 32.9 Å². The Labute approximate surface area is 171 Å². The van der Waals surface area contributed by atoms with Gasteiger partial charge in [0.15, 0.2) is 11.5 Å². The second-order valence-corrected chi connectivity index (χ2v) is 8.26. The van der Waals surface area contributed by atoms with E-state index in [1.54, 1.807) is 37.3 Å². The molecule has 1 atom stereocenters. The lowest BCUT2D eigenvalue weighted by Gasteiger charge is -2.21. The molecule has 0 aliphatic carbocycles. The maximum absolute atomic E-state index is 12.7. The minimum Gasteiger partial charge on any atom is -0.493 e. The summed E-state index contributed by atoms with van der Waals surface area (Å²) in [4.78, 5) is 26.9. The number of hydrogen-bond acceptors (Lipinski definition) is 4. The normalized spacial score (nSPS) is 16.7. The molecule has 6 heteroatoms. The van der Waals surface area contributed by atoms with Gasteiger partial charge in [0, 0.05) is 30.4 Å². The predicted molar refractivity (Wildman–Crippen MR) is 114 cm³/mol. The Kier molecular flexibility index (Phi) is 5.82. The lowest BCUT2D eigenvalue weighted by Crippen LogP contribution is -2.28. The molecular weight excluding hydrogens is 368 g/mol. The molecular formula is C23H28N2O4. The minimum atomic E-state index is -0.405. The highest BCUT2D eigenvalue weighted by molar-refractivity contribution is 6.03. The molecule has 1 aliphatic heterocycles. The van der Waals surface area contributed by atoms with Crippen LogP contribution < -0.4 is 19.7 Å². The monoisotopic (exact) mass is 396 g/mol. The molecule has 1 aliphatic rings. The smallest absolute Gasteiger partial charge is 0.229 e. The summed E-state index contributed by atoms with van der Waals surface area (Å²) in [5, 5.41) is 2.88. The number of carbonyl (C=O) groups is 2. The van der Waals surface area contributed by atoms with Crippen molar-refractivity contribution >= 4 is 23.2 Å². The Morgan fingerprint density at radius 1 is 1.03 bits per heavy atom. The van der Waals surface area contributed by atoms with E-state index in [1.165, 1.54) is 5.56 Å². The topological polar surface area (TPSA) is 67.9 Å². The second kappa shape index (κ2) is 8.15. The first-order valence-electron chi connectivity index (χ1n) is 9.66. The number of methoxy groups -OCH3 is 2. The number of nitrogens with one attached hydrogen (secondary N) is 1. The lowest BCUT2D eigenvalue weighted by atomic mass is 9.87. The number of rotatable bonds is 5. The van der Waals surface area contributed by atoms with Gasteiger partial charge in [-0.3, -0.25) is 9.59 Å². The standard InChI is InChI=1S/C23H28N2O4/c1-23(2,3)16-6-9-18(10-7-16)25-14-15(12-21(25)26)22(27)24-17-8-11-19(28-4)20(13-17)29-5/h6-11,13,15H,12,14H2,1-5H3,(H,24,27). The fourth-order valence-electron chi connectivity index (χ4n) is 3.43. The third-order valence-electron chi connectivity index (χ3n) is 5.19. The molecule has 1 saturated heterocycles. The first kappa shape index (κ1) is 20.7. The van der Waals surface area contributed by atoms with E-state index >= 15 is 0 Å². The molecule has 3 rings (SSSR count). The van der Waals surface area contributed by atoms with Crippen LogP contribution in [0.1, 0.15) is 32.8 Å². The average molecular weight is 396 g/mol. The number of carbonyl (C=O) groups excluding carboxylic acids is 2. The Hall–Kier alpha value is -3.02. The molecule has 2 amide bonds. The summed E-state index contributed by atoms with van der Waals surface area (Å²) in [7, 11) is 3.10. The van der Waals surface area contributed by atoms with Crippen LogP contribution >= 0.6 is 0 Å².